The van der Waals surface area contributed by atoms with Gasteiger partial charge in [-0.25, -0.2) is 13.8 Å². The first-order valence-electron chi connectivity index (χ1n) is 5.86. The summed E-state index contributed by atoms with van der Waals surface area (Å²) < 4.78 is 28.2. The first-order valence-corrected chi connectivity index (χ1v) is 5.86. The van der Waals surface area contributed by atoms with Gasteiger partial charge in [-0.15, -0.1) is 0 Å². The van der Waals surface area contributed by atoms with Gasteiger partial charge in [-0.3, -0.25) is 0 Å². The normalized spacial score (nSPS) is 10.7. The van der Waals surface area contributed by atoms with Gasteiger partial charge in [0.2, 0.25) is 5.95 Å². The van der Waals surface area contributed by atoms with Crippen molar-refractivity contribution in [1.29, 1.82) is 0 Å². The number of nitrogens with zero attached hydrogens (tertiary/aromatic N) is 2. The van der Waals surface area contributed by atoms with E-state index < -0.39 is 11.6 Å². The maximum Gasteiger partial charge on any atom is 0.207 e. The van der Waals surface area contributed by atoms with E-state index in [9.17, 15) is 8.78 Å². The minimum atomic E-state index is -0.626. The number of nitrogens with one attached hydrogen (secondary N) is 1. The third-order valence-electron chi connectivity index (χ3n) is 2.54. The van der Waals surface area contributed by atoms with E-state index >= 15 is 0 Å². The standard InChI is InChI=1S/C13H15F2N3/c1-3-6-18-8-9(2)16-13(18)17-12-5-4-10(14)7-11(12)15/h4-5,7-8H,3,6H2,1-2H3,(H,16,17). The monoisotopic (exact) mass is 251 g/mol. The maximum absolute atomic E-state index is 13.5. The molecule has 0 fully saturated rings. The quantitative estimate of drug-likeness (QED) is 0.899. The number of aromatic nitrogens is 2. The number of rotatable bonds is 4. The van der Waals surface area contributed by atoms with Crippen molar-refractivity contribution in [3.05, 3.63) is 41.7 Å². The molecule has 2 aromatic rings. The molecule has 0 spiro atoms. The first-order chi connectivity index (χ1) is 8.60. The third-order valence-corrected chi connectivity index (χ3v) is 2.54. The molecule has 0 aliphatic heterocycles. The van der Waals surface area contributed by atoms with Crippen molar-refractivity contribution in [2.45, 2.75) is 26.8 Å². The molecular weight excluding hydrogens is 236 g/mol. The van der Waals surface area contributed by atoms with Gasteiger partial charge in [-0.1, -0.05) is 6.92 Å². The lowest BCUT2D eigenvalue weighted by molar-refractivity contribution is 0.585. The Balaban J connectivity index is 2.27. The summed E-state index contributed by atoms with van der Waals surface area (Å²) >= 11 is 0. The highest BCUT2D eigenvalue weighted by molar-refractivity contribution is 5.54. The molecule has 5 heteroatoms. The zero-order chi connectivity index (χ0) is 13.1. The molecule has 0 aliphatic rings. The zero-order valence-corrected chi connectivity index (χ0v) is 10.4. The molecule has 0 unspecified atom stereocenters. The molecule has 0 amide bonds. The Hall–Kier alpha value is -1.91. The van der Waals surface area contributed by atoms with Crippen molar-refractivity contribution in [3.8, 4) is 0 Å². The summed E-state index contributed by atoms with van der Waals surface area (Å²) in [5, 5.41) is 2.88. The first kappa shape index (κ1) is 12.5. The fraction of sp³-hybridized carbons (Fsp3) is 0.308. The second-order valence-electron chi connectivity index (χ2n) is 4.15. The van der Waals surface area contributed by atoms with E-state index in [1.54, 1.807) is 0 Å². The van der Waals surface area contributed by atoms with Gasteiger partial charge in [0, 0.05) is 18.8 Å². The van der Waals surface area contributed by atoms with Gasteiger partial charge in [0.25, 0.3) is 0 Å². The lowest BCUT2D eigenvalue weighted by Crippen LogP contribution is -2.04. The van der Waals surface area contributed by atoms with Crippen LogP contribution in [0.4, 0.5) is 20.4 Å². The second kappa shape index (κ2) is 5.16. The Morgan fingerprint density at radius 1 is 1.33 bits per heavy atom. The number of hydrogen-bond donors (Lipinski definition) is 1. The van der Waals surface area contributed by atoms with Crippen LogP contribution in [0.5, 0.6) is 0 Å². The van der Waals surface area contributed by atoms with E-state index in [2.05, 4.69) is 17.2 Å². The molecule has 0 saturated carbocycles. The van der Waals surface area contributed by atoms with Crippen LogP contribution in [0, 0.1) is 18.6 Å². The average Bonchev–Trinajstić information content (AvgIpc) is 2.64. The number of anilines is 2. The molecule has 1 aromatic carbocycles. The van der Waals surface area contributed by atoms with Crippen LogP contribution < -0.4 is 5.32 Å². The summed E-state index contributed by atoms with van der Waals surface area (Å²) in [6.07, 6.45) is 2.85. The van der Waals surface area contributed by atoms with Crippen molar-refractivity contribution in [1.82, 2.24) is 9.55 Å². The van der Waals surface area contributed by atoms with Crippen LogP contribution in [0.25, 0.3) is 0 Å². The topological polar surface area (TPSA) is 29.9 Å². The zero-order valence-electron chi connectivity index (χ0n) is 10.4. The van der Waals surface area contributed by atoms with Crippen LogP contribution in [-0.2, 0) is 6.54 Å². The highest BCUT2D eigenvalue weighted by atomic mass is 19.1. The van der Waals surface area contributed by atoms with E-state index in [4.69, 9.17) is 0 Å². The van der Waals surface area contributed by atoms with Crippen molar-refractivity contribution in [2.24, 2.45) is 0 Å². The average molecular weight is 251 g/mol. The van der Waals surface area contributed by atoms with Crippen LogP contribution in [0.2, 0.25) is 0 Å². The molecule has 0 bridgehead atoms. The summed E-state index contributed by atoms with van der Waals surface area (Å²) in [6, 6.07) is 3.43. The summed E-state index contributed by atoms with van der Waals surface area (Å²) in [5.41, 5.74) is 1.08. The van der Waals surface area contributed by atoms with Crippen molar-refractivity contribution in [3.63, 3.8) is 0 Å². The van der Waals surface area contributed by atoms with Gasteiger partial charge in [0.05, 0.1) is 11.4 Å². The number of imidazole rings is 1. The van der Waals surface area contributed by atoms with Gasteiger partial charge in [0.15, 0.2) is 0 Å². The molecule has 2 rings (SSSR count). The fourth-order valence-corrected chi connectivity index (χ4v) is 1.77. The molecule has 1 heterocycles. The van der Waals surface area contributed by atoms with Crippen molar-refractivity contribution in [2.75, 3.05) is 5.32 Å². The number of halogens is 2. The largest absolute Gasteiger partial charge is 0.323 e. The summed E-state index contributed by atoms with van der Waals surface area (Å²) in [7, 11) is 0. The van der Waals surface area contributed by atoms with E-state index in [-0.39, 0.29) is 5.69 Å². The van der Waals surface area contributed by atoms with Crippen LogP contribution in [0.1, 0.15) is 19.0 Å². The predicted octanol–water partition coefficient (Wildman–Crippen LogP) is 3.62. The van der Waals surface area contributed by atoms with E-state index in [0.29, 0.717) is 5.95 Å². The second-order valence-corrected chi connectivity index (χ2v) is 4.15. The van der Waals surface area contributed by atoms with Gasteiger partial charge < -0.3 is 9.88 Å². The van der Waals surface area contributed by atoms with Gasteiger partial charge in [0.1, 0.15) is 11.6 Å². The smallest absolute Gasteiger partial charge is 0.207 e. The molecule has 1 N–H and O–H groups in total. The maximum atomic E-state index is 13.5. The molecular formula is C13H15F2N3. The molecule has 96 valence electrons. The Kier molecular flexibility index (Phi) is 3.60. The minimum Gasteiger partial charge on any atom is -0.323 e. The minimum absolute atomic E-state index is 0.222. The van der Waals surface area contributed by atoms with Gasteiger partial charge in [-0.05, 0) is 25.5 Å². The molecule has 1 aromatic heterocycles. The van der Waals surface area contributed by atoms with E-state index in [1.165, 1.54) is 12.1 Å². The summed E-state index contributed by atoms with van der Waals surface area (Å²) in [4.78, 5) is 4.28. The summed E-state index contributed by atoms with van der Waals surface area (Å²) in [6.45, 7) is 4.72. The van der Waals surface area contributed by atoms with Gasteiger partial charge >= 0.3 is 0 Å². The molecule has 3 nitrogen and oxygen atoms in total. The number of hydrogen-bond acceptors (Lipinski definition) is 2. The van der Waals surface area contributed by atoms with Crippen LogP contribution in [0.3, 0.4) is 0 Å². The van der Waals surface area contributed by atoms with Crippen LogP contribution >= 0.6 is 0 Å². The Morgan fingerprint density at radius 2 is 2.11 bits per heavy atom. The molecule has 0 atom stereocenters. The van der Waals surface area contributed by atoms with E-state index in [1.807, 2.05) is 17.7 Å². The Morgan fingerprint density at radius 3 is 2.78 bits per heavy atom. The predicted molar refractivity (Wildman–Crippen MR) is 66.9 cm³/mol. The number of benzene rings is 1. The van der Waals surface area contributed by atoms with Crippen molar-refractivity contribution < 1.29 is 8.78 Å². The van der Waals surface area contributed by atoms with Crippen molar-refractivity contribution >= 4 is 11.6 Å². The SMILES string of the molecule is CCCn1cc(C)nc1Nc1ccc(F)cc1F. The lowest BCUT2D eigenvalue weighted by Gasteiger charge is -2.09. The molecule has 0 aliphatic carbocycles. The lowest BCUT2D eigenvalue weighted by atomic mass is 10.3. The van der Waals surface area contributed by atoms with E-state index in [0.717, 1.165) is 24.7 Å². The molecule has 0 radical (unpaired) electrons. The van der Waals surface area contributed by atoms with Crippen LogP contribution in [0.15, 0.2) is 24.4 Å². The third kappa shape index (κ3) is 2.67. The summed E-state index contributed by atoms with van der Waals surface area (Å²) in [5.74, 6) is -0.648. The highest BCUT2D eigenvalue weighted by Gasteiger charge is 2.09. The fourth-order valence-electron chi connectivity index (χ4n) is 1.77. The number of aryl methyl sites for hydroxylation is 2. The Bertz CT molecular complexity index is 549. The van der Waals surface area contributed by atoms with Crippen LogP contribution in [-0.4, -0.2) is 9.55 Å². The molecule has 18 heavy (non-hydrogen) atoms. The highest BCUT2D eigenvalue weighted by Crippen LogP contribution is 2.20. The Labute approximate surface area is 104 Å². The molecule has 0 saturated heterocycles. The van der Waals surface area contributed by atoms with Gasteiger partial charge in [-0.2, -0.15) is 0 Å².